The maximum atomic E-state index is 12.3. The molecule has 0 unspecified atom stereocenters. The first-order valence-corrected chi connectivity index (χ1v) is 12.1. The number of thiocarbonyl (C=S) groups is 1. The number of benzene rings is 1. The second-order valence-electron chi connectivity index (χ2n) is 8.37. The Morgan fingerprint density at radius 2 is 1.89 bits per heavy atom. The van der Waals surface area contributed by atoms with Gasteiger partial charge in [0.2, 0.25) is 5.91 Å². The number of hydrogen-bond donors (Lipinski definition) is 2. The Balaban J connectivity index is 1.62. The monoisotopic (exact) mass is 514 g/mol. The minimum absolute atomic E-state index is 0.0686. The predicted molar refractivity (Wildman–Crippen MR) is 145 cm³/mol. The van der Waals surface area contributed by atoms with Gasteiger partial charge in [-0.25, -0.2) is 0 Å². The second-order valence-corrected chi connectivity index (χ2v) is 8.76. The van der Waals surface area contributed by atoms with E-state index in [4.69, 9.17) is 21.7 Å². The molecule has 0 radical (unpaired) electrons. The molecule has 1 saturated heterocycles. The van der Waals surface area contributed by atoms with Crippen molar-refractivity contribution in [1.29, 1.82) is 0 Å². The van der Waals surface area contributed by atoms with Crippen LogP contribution >= 0.6 is 12.2 Å². The molecule has 1 aliphatic heterocycles. The first-order valence-electron chi connectivity index (χ1n) is 11.7. The summed E-state index contributed by atoms with van der Waals surface area (Å²) in [6.45, 7) is -0.0686. The van der Waals surface area contributed by atoms with Gasteiger partial charge in [0.25, 0.3) is 0 Å². The normalized spacial score (nSPS) is 16.9. The molecule has 3 aromatic heterocycles. The van der Waals surface area contributed by atoms with Gasteiger partial charge in [0.1, 0.15) is 18.4 Å². The maximum absolute atomic E-state index is 12.3. The SMILES string of the molecule is COCC(=O)Nc1cc(N2C(=S)N[C@@H](c3ccccn3)[C@H]2c2cccn2-c2ccncc2)ccc1OC. The number of rotatable bonds is 8. The number of nitrogens with zero attached hydrogens (tertiary/aromatic N) is 4. The zero-order valence-electron chi connectivity index (χ0n) is 20.4. The first-order chi connectivity index (χ1) is 18.1. The van der Waals surface area contributed by atoms with Gasteiger partial charge in [-0.15, -0.1) is 0 Å². The van der Waals surface area contributed by atoms with E-state index in [0.717, 1.165) is 22.8 Å². The number of methoxy groups -OCH3 is 2. The number of pyridine rings is 2. The third-order valence-corrected chi connectivity index (χ3v) is 6.45. The molecule has 1 aliphatic rings. The number of anilines is 2. The van der Waals surface area contributed by atoms with E-state index in [-0.39, 0.29) is 24.6 Å². The van der Waals surface area contributed by atoms with E-state index in [0.29, 0.717) is 16.5 Å². The minimum atomic E-state index is -0.283. The Kier molecular flexibility index (Phi) is 7.11. The molecule has 1 aromatic carbocycles. The van der Waals surface area contributed by atoms with Crippen LogP contribution in [0.5, 0.6) is 5.75 Å². The topological polar surface area (TPSA) is 93.5 Å². The van der Waals surface area contributed by atoms with Gasteiger partial charge in [0.15, 0.2) is 5.11 Å². The summed E-state index contributed by atoms with van der Waals surface area (Å²) in [5, 5.41) is 6.89. The Hall–Kier alpha value is -4.28. The average Bonchev–Trinajstić information content (AvgIpc) is 3.54. The van der Waals surface area contributed by atoms with Crippen molar-refractivity contribution in [1.82, 2.24) is 19.9 Å². The summed E-state index contributed by atoms with van der Waals surface area (Å²) in [5.41, 5.74) is 4.16. The van der Waals surface area contributed by atoms with E-state index >= 15 is 0 Å². The van der Waals surface area contributed by atoms with Gasteiger partial charge >= 0.3 is 0 Å². The molecule has 1 fully saturated rings. The van der Waals surface area contributed by atoms with Crippen molar-refractivity contribution in [3.8, 4) is 11.4 Å². The predicted octanol–water partition coefficient (Wildman–Crippen LogP) is 4.04. The Morgan fingerprint density at radius 1 is 1.05 bits per heavy atom. The molecular weight excluding hydrogens is 488 g/mol. The Morgan fingerprint density at radius 3 is 2.62 bits per heavy atom. The largest absolute Gasteiger partial charge is 0.495 e. The Labute approximate surface area is 220 Å². The molecular formula is C27H26N6O3S. The van der Waals surface area contributed by atoms with Gasteiger partial charge in [0, 0.05) is 49.0 Å². The fourth-order valence-corrected chi connectivity index (χ4v) is 4.92. The van der Waals surface area contributed by atoms with E-state index in [1.807, 2.05) is 65.7 Å². The zero-order chi connectivity index (χ0) is 25.8. The van der Waals surface area contributed by atoms with E-state index in [1.165, 1.54) is 7.11 Å². The molecule has 0 bridgehead atoms. The van der Waals surface area contributed by atoms with Crippen LogP contribution in [0.3, 0.4) is 0 Å². The number of nitrogens with one attached hydrogen (secondary N) is 2. The van der Waals surface area contributed by atoms with Crippen LogP contribution in [0, 0.1) is 0 Å². The summed E-state index contributed by atoms with van der Waals surface area (Å²) in [6.07, 6.45) is 7.33. The van der Waals surface area contributed by atoms with Crippen LogP contribution in [0.25, 0.3) is 5.69 Å². The van der Waals surface area contributed by atoms with Gasteiger partial charge in [0.05, 0.1) is 24.5 Å². The van der Waals surface area contributed by atoms with Crippen LogP contribution in [-0.2, 0) is 9.53 Å². The van der Waals surface area contributed by atoms with Crippen molar-refractivity contribution < 1.29 is 14.3 Å². The summed E-state index contributed by atoms with van der Waals surface area (Å²) in [5.74, 6) is 0.249. The van der Waals surface area contributed by atoms with Crippen LogP contribution in [0.4, 0.5) is 11.4 Å². The fourth-order valence-electron chi connectivity index (χ4n) is 4.57. The quantitative estimate of drug-likeness (QED) is 0.341. The first kappa shape index (κ1) is 24.4. The number of carbonyl (C=O) groups excluding carboxylic acids is 1. The van der Waals surface area contributed by atoms with E-state index in [2.05, 4.69) is 31.2 Å². The molecule has 1 amide bonds. The van der Waals surface area contributed by atoms with Crippen LogP contribution in [0.15, 0.2) is 85.5 Å². The van der Waals surface area contributed by atoms with Gasteiger partial charge < -0.3 is 29.6 Å². The van der Waals surface area contributed by atoms with Crippen molar-refractivity contribution in [2.75, 3.05) is 31.0 Å². The van der Waals surface area contributed by atoms with Gasteiger partial charge in [-0.1, -0.05) is 6.07 Å². The Bertz CT molecular complexity index is 1400. The molecule has 188 valence electrons. The summed E-state index contributed by atoms with van der Waals surface area (Å²) in [7, 11) is 3.03. The number of amides is 1. The van der Waals surface area contributed by atoms with Gasteiger partial charge in [-0.3, -0.25) is 14.8 Å². The second kappa shape index (κ2) is 10.8. The van der Waals surface area contributed by atoms with Crippen molar-refractivity contribution in [3.63, 3.8) is 0 Å². The molecule has 37 heavy (non-hydrogen) atoms. The average molecular weight is 515 g/mol. The maximum Gasteiger partial charge on any atom is 0.250 e. The smallest absolute Gasteiger partial charge is 0.250 e. The summed E-state index contributed by atoms with van der Waals surface area (Å²) in [6, 6.07) is 19.0. The van der Waals surface area contributed by atoms with Crippen LogP contribution in [0.2, 0.25) is 0 Å². The molecule has 9 nitrogen and oxygen atoms in total. The lowest BCUT2D eigenvalue weighted by molar-refractivity contribution is -0.119. The molecule has 2 atom stereocenters. The lowest BCUT2D eigenvalue weighted by Crippen LogP contribution is -2.30. The molecule has 0 saturated carbocycles. The standard InChI is InChI=1S/C27H26N6O3S/c1-35-17-24(34)30-21-16-19(8-9-23(21)36-2)33-26(25(31-27(33)37)20-6-3-4-12-29-20)22-7-5-15-32(22)18-10-13-28-14-11-18/h3-16,25-26H,17H2,1-2H3,(H,30,34)(H,31,37)/t25-,26+/m0/s1. The van der Waals surface area contributed by atoms with E-state index in [9.17, 15) is 4.79 Å². The highest BCUT2D eigenvalue weighted by atomic mass is 32.1. The molecule has 5 rings (SSSR count). The lowest BCUT2D eigenvalue weighted by Gasteiger charge is -2.29. The molecule has 0 aliphatic carbocycles. The van der Waals surface area contributed by atoms with E-state index < -0.39 is 0 Å². The summed E-state index contributed by atoms with van der Waals surface area (Å²) >= 11 is 5.87. The molecule has 0 spiro atoms. The van der Waals surface area contributed by atoms with E-state index in [1.54, 1.807) is 25.7 Å². The molecule has 4 heterocycles. The highest BCUT2D eigenvalue weighted by Gasteiger charge is 2.42. The third kappa shape index (κ3) is 4.89. The van der Waals surface area contributed by atoms with Crippen molar-refractivity contribution >= 4 is 34.6 Å². The van der Waals surface area contributed by atoms with Gasteiger partial charge in [-0.2, -0.15) is 0 Å². The summed E-state index contributed by atoms with van der Waals surface area (Å²) in [4.78, 5) is 23.1. The van der Waals surface area contributed by atoms with Crippen molar-refractivity contribution in [3.05, 3.63) is 96.8 Å². The number of hydrogen-bond acceptors (Lipinski definition) is 6. The lowest BCUT2D eigenvalue weighted by atomic mass is 10.0. The highest BCUT2D eigenvalue weighted by Crippen LogP contribution is 2.43. The van der Waals surface area contributed by atoms with Gasteiger partial charge in [-0.05, 0) is 66.8 Å². The fraction of sp³-hybridized carbons (Fsp3) is 0.185. The van der Waals surface area contributed by atoms with Crippen LogP contribution < -0.4 is 20.3 Å². The number of carbonyl (C=O) groups is 1. The molecule has 4 aromatic rings. The zero-order valence-corrected chi connectivity index (χ0v) is 21.2. The van der Waals surface area contributed by atoms with Crippen LogP contribution in [-0.4, -0.2) is 46.4 Å². The molecule has 2 N–H and O–H groups in total. The number of ether oxygens (including phenoxy) is 2. The third-order valence-electron chi connectivity index (χ3n) is 6.13. The minimum Gasteiger partial charge on any atom is -0.495 e. The van der Waals surface area contributed by atoms with Crippen molar-refractivity contribution in [2.45, 2.75) is 12.1 Å². The molecule has 10 heteroatoms. The number of aromatic nitrogens is 3. The summed E-state index contributed by atoms with van der Waals surface area (Å²) < 4.78 is 12.6. The highest BCUT2D eigenvalue weighted by molar-refractivity contribution is 7.80. The van der Waals surface area contributed by atoms with Crippen molar-refractivity contribution in [2.24, 2.45) is 0 Å². The van der Waals surface area contributed by atoms with Crippen LogP contribution in [0.1, 0.15) is 23.5 Å².